The zero-order valence-electron chi connectivity index (χ0n) is 9.13. The number of nitrogens with zero attached hydrogens (tertiary/aromatic N) is 1. The number of hydrogen-bond donors (Lipinski definition) is 1. The van der Waals surface area contributed by atoms with Crippen LogP contribution in [-0.2, 0) is 6.18 Å². The fourth-order valence-electron chi connectivity index (χ4n) is 1.74. The van der Waals surface area contributed by atoms with Gasteiger partial charge in [0.15, 0.2) is 0 Å². The highest BCUT2D eigenvalue weighted by atomic mass is 32.2. The number of alkyl halides is 3. The Labute approximate surface area is 102 Å². The Balaban J connectivity index is 2.05. The summed E-state index contributed by atoms with van der Waals surface area (Å²) in [6, 6.07) is 4.17. The smallest absolute Gasteiger partial charge is 0.366 e. The summed E-state index contributed by atoms with van der Waals surface area (Å²) in [6.45, 7) is 0. The molecule has 6 heteroatoms. The van der Waals surface area contributed by atoms with Crippen LogP contribution >= 0.6 is 11.8 Å². The van der Waals surface area contributed by atoms with Gasteiger partial charge in [0.1, 0.15) is 11.5 Å². The summed E-state index contributed by atoms with van der Waals surface area (Å²) in [6.07, 6.45) is -2.29. The summed E-state index contributed by atoms with van der Waals surface area (Å²) in [5.74, 6) is 2.37. The summed E-state index contributed by atoms with van der Waals surface area (Å²) >= 11 is 1.82. The zero-order valence-corrected chi connectivity index (χ0v) is 9.94. The third kappa shape index (κ3) is 3.52. The van der Waals surface area contributed by atoms with E-state index in [0.717, 1.165) is 30.4 Å². The molecule has 94 valence electrons. The molecule has 2 nitrogen and oxygen atoms in total. The fourth-order valence-corrected chi connectivity index (χ4v) is 2.81. The van der Waals surface area contributed by atoms with Crippen LogP contribution in [-0.4, -0.2) is 22.5 Å². The van der Waals surface area contributed by atoms with E-state index in [1.54, 1.807) is 6.07 Å². The molecule has 1 fully saturated rings. The number of nitrogens with one attached hydrogen (secondary N) is 1. The van der Waals surface area contributed by atoms with E-state index in [-0.39, 0.29) is 6.04 Å². The summed E-state index contributed by atoms with van der Waals surface area (Å²) in [5, 5.41) is 3.06. The second-order valence-corrected chi connectivity index (χ2v) is 5.11. The van der Waals surface area contributed by atoms with Crippen molar-refractivity contribution in [2.24, 2.45) is 0 Å². The summed E-state index contributed by atoms with van der Waals surface area (Å²) < 4.78 is 37.4. The predicted molar refractivity (Wildman–Crippen MR) is 63.2 cm³/mol. The van der Waals surface area contributed by atoms with Crippen LogP contribution in [0.25, 0.3) is 0 Å². The molecule has 1 aromatic rings. The number of hydrogen-bond acceptors (Lipinski definition) is 3. The van der Waals surface area contributed by atoms with Gasteiger partial charge in [0.2, 0.25) is 0 Å². The summed E-state index contributed by atoms with van der Waals surface area (Å²) in [7, 11) is 0. The summed E-state index contributed by atoms with van der Waals surface area (Å²) in [5.41, 5.74) is -0.842. The molecule has 1 unspecified atom stereocenters. The van der Waals surface area contributed by atoms with Crippen molar-refractivity contribution < 1.29 is 13.2 Å². The van der Waals surface area contributed by atoms with E-state index in [2.05, 4.69) is 10.3 Å². The molecular weight excluding hydrogens is 249 g/mol. The molecule has 1 aliphatic rings. The largest absolute Gasteiger partial charge is 0.433 e. The molecule has 1 atom stereocenters. The third-order valence-corrected chi connectivity index (χ3v) is 3.77. The monoisotopic (exact) mass is 262 g/mol. The number of rotatable bonds is 2. The van der Waals surface area contributed by atoms with Crippen LogP contribution < -0.4 is 5.32 Å². The normalized spacial score (nSPS) is 21.2. The molecule has 1 saturated heterocycles. The molecule has 0 radical (unpaired) electrons. The maximum atomic E-state index is 12.5. The van der Waals surface area contributed by atoms with E-state index in [0.29, 0.717) is 5.82 Å². The Hall–Kier alpha value is -0.910. The highest BCUT2D eigenvalue weighted by Crippen LogP contribution is 2.28. The van der Waals surface area contributed by atoms with Gasteiger partial charge in [-0.15, -0.1) is 0 Å². The molecule has 0 aliphatic carbocycles. The topological polar surface area (TPSA) is 24.9 Å². The molecule has 1 aromatic heterocycles. The van der Waals surface area contributed by atoms with Crippen molar-refractivity contribution in [3.05, 3.63) is 23.9 Å². The quantitative estimate of drug-likeness (QED) is 0.884. The van der Waals surface area contributed by atoms with Crippen LogP contribution in [0.1, 0.15) is 18.5 Å². The number of pyridine rings is 1. The highest BCUT2D eigenvalue weighted by molar-refractivity contribution is 7.99. The maximum absolute atomic E-state index is 12.5. The van der Waals surface area contributed by atoms with Gasteiger partial charge in [-0.05, 0) is 30.7 Å². The van der Waals surface area contributed by atoms with E-state index in [1.807, 2.05) is 11.8 Å². The van der Waals surface area contributed by atoms with E-state index in [4.69, 9.17) is 0 Å². The van der Waals surface area contributed by atoms with Gasteiger partial charge < -0.3 is 5.32 Å². The predicted octanol–water partition coefficient (Wildman–Crippen LogP) is 3.41. The van der Waals surface area contributed by atoms with Gasteiger partial charge in [-0.1, -0.05) is 6.07 Å². The first-order valence-electron chi connectivity index (χ1n) is 5.44. The minimum atomic E-state index is -4.38. The fraction of sp³-hybridized carbons (Fsp3) is 0.545. The highest BCUT2D eigenvalue weighted by Gasteiger charge is 2.32. The molecule has 1 aliphatic heterocycles. The van der Waals surface area contributed by atoms with E-state index >= 15 is 0 Å². The van der Waals surface area contributed by atoms with Crippen molar-refractivity contribution in [3.63, 3.8) is 0 Å². The molecule has 0 amide bonds. The van der Waals surface area contributed by atoms with Gasteiger partial charge >= 0.3 is 6.18 Å². The van der Waals surface area contributed by atoms with Crippen molar-refractivity contribution >= 4 is 17.6 Å². The van der Waals surface area contributed by atoms with Crippen LogP contribution in [0, 0.1) is 0 Å². The van der Waals surface area contributed by atoms with Crippen LogP contribution in [0.3, 0.4) is 0 Å². The lowest BCUT2D eigenvalue weighted by molar-refractivity contribution is -0.141. The van der Waals surface area contributed by atoms with Gasteiger partial charge in [0.05, 0.1) is 0 Å². The van der Waals surface area contributed by atoms with Gasteiger partial charge in [0, 0.05) is 11.8 Å². The van der Waals surface area contributed by atoms with Crippen molar-refractivity contribution in [3.8, 4) is 0 Å². The molecule has 0 bridgehead atoms. The number of halogens is 3. The summed E-state index contributed by atoms with van der Waals surface area (Å²) in [4.78, 5) is 3.59. The first-order chi connectivity index (χ1) is 8.05. The Morgan fingerprint density at radius 1 is 1.35 bits per heavy atom. The minimum absolute atomic E-state index is 0.227. The molecular formula is C11H13F3N2S. The lowest BCUT2D eigenvalue weighted by Crippen LogP contribution is -2.26. The van der Waals surface area contributed by atoms with Crippen molar-refractivity contribution in [2.75, 3.05) is 16.8 Å². The molecule has 1 N–H and O–H groups in total. The number of thioether (sulfide) groups is 1. The second-order valence-electron chi connectivity index (χ2n) is 3.96. The Morgan fingerprint density at radius 3 is 2.82 bits per heavy atom. The van der Waals surface area contributed by atoms with Crippen LogP contribution in [0.15, 0.2) is 18.2 Å². The van der Waals surface area contributed by atoms with Gasteiger partial charge in [0.25, 0.3) is 0 Å². The SMILES string of the molecule is FC(F)(F)c1cccc(NC2CCCSC2)n1. The van der Waals surface area contributed by atoms with Gasteiger partial charge in [-0.2, -0.15) is 24.9 Å². The third-order valence-electron chi connectivity index (χ3n) is 2.55. The minimum Gasteiger partial charge on any atom is -0.366 e. The Kier molecular flexibility index (Phi) is 3.81. The van der Waals surface area contributed by atoms with Gasteiger partial charge in [-0.25, -0.2) is 4.98 Å². The standard InChI is InChI=1S/C11H13F3N2S/c12-11(13,14)9-4-1-5-10(16-9)15-8-3-2-6-17-7-8/h1,4-5,8H,2-3,6-7H2,(H,15,16). The van der Waals surface area contributed by atoms with Crippen molar-refractivity contribution in [1.29, 1.82) is 0 Å². The molecule has 2 heterocycles. The van der Waals surface area contributed by atoms with Crippen LogP contribution in [0.4, 0.5) is 19.0 Å². The van der Waals surface area contributed by atoms with Crippen molar-refractivity contribution in [2.45, 2.75) is 25.1 Å². The van der Waals surface area contributed by atoms with E-state index < -0.39 is 11.9 Å². The second kappa shape index (κ2) is 5.16. The maximum Gasteiger partial charge on any atom is 0.433 e. The number of aromatic nitrogens is 1. The zero-order chi connectivity index (χ0) is 12.3. The van der Waals surface area contributed by atoms with Crippen LogP contribution in [0.5, 0.6) is 0 Å². The Morgan fingerprint density at radius 2 is 2.18 bits per heavy atom. The average Bonchev–Trinajstić information content (AvgIpc) is 2.29. The first kappa shape index (κ1) is 12.5. The number of anilines is 1. The Bertz CT molecular complexity index is 375. The molecule has 0 spiro atoms. The van der Waals surface area contributed by atoms with Crippen molar-refractivity contribution in [1.82, 2.24) is 4.98 Å². The van der Waals surface area contributed by atoms with E-state index in [9.17, 15) is 13.2 Å². The lowest BCUT2D eigenvalue weighted by atomic mass is 10.2. The molecule has 17 heavy (non-hydrogen) atoms. The molecule has 0 saturated carbocycles. The van der Waals surface area contributed by atoms with Gasteiger partial charge in [-0.3, -0.25) is 0 Å². The average molecular weight is 262 g/mol. The van der Waals surface area contributed by atoms with Crippen LogP contribution in [0.2, 0.25) is 0 Å². The lowest BCUT2D eigenvalue weighted by Gasteiger charge is -2.23. The molecule has 2 rings (SSSR count). The first-order valence-corrected chi connectivity index (χ1v) is 6.60. The molecule has 0 aromatic carbocycles. The van der Waals surface area contributed by atoms with E-state index in [1.165, 1.54) is 6.07 Å².